The van der Waals surface area contributed by atoms with Crippen molar-refractivity contribution >= 4 is 11.9 Å². The average Bonchev–Trinajstić information content (AvgIpc) is 2.60. The van der Waals surface area contributed by atoms with Gasteiger partial charge in [0.05, 0.1) is 18.7 Å². The zero-order chi connectivity index (χ0) is 17.5. The molecular weight excluding hydrogens is 306 g/mol. The molecule has 0 aromatic heterocycles. The van der Waals surface area contributed by atoms with Crippen LogP contribution in [-0.4, -0.2) is 25.6 Å². The van der Waals surface area contributed by atoms with E-state index in [1.165, 1.54) is 0 Å². The van der Waals surface area contributed by atoms with Crippen molar-refractivity contribution in [2.75, 3.05) is 13.7 Å². The molecule has 24 heavy (non-hydrogen) atoms. The van der Waals surface area contributed by atoms with Gasteiger partial charge in [0, 0.05) is 0 Å². The molecule has 2 rings (SSSR count). The summed E-state index contributed by atoms with van der Waals surface area (Å²) in [5.74, 6) is -0.135. The van der Waals surface area contributed by atoms with Gasteiger partial charge in [-0.2, -0.15) is 0 Å². The Morgan fingerprint density at radius 3 is 2.58 bits per heavy atom. The Morgan fingerprint density at radius 1 is 1.12 bits per heavy atom. The van der Waals surface area contributed by atoms with Gasteiger partial charge in [-0.1, -0.05) is 30.3 Å². The van der Waals surface area contributed by atoms with Crippen LogP contribution in [0.1, 0.15) is 34.5 Å². The first-order valence-corrected chi connectivity index (χ1v) is 7.67. The van der Waals surface area contributed by atoms with Crippen LogP contribution in [0.3, 0.4) is 0 Å². The first kappa shape index (κ1) is 17.5. The summed E-state index contributed by atoms with van der Waals surface area (Å²) in [5.41, 5.74) is 2.19. The summed E-state index contributed by atoms with van der Waals surface area (Å²) in [6.45, 7) is 3.36. The highest BCUT2D eigenvalue weighted by Crippen LogP contribution is 2.18. The van der Waals surface area contributed by atoms with Gasteiger partial charge in [0.25, 0.3) is 5.91 Å². The summed E-state index contributed by atoms with van der Waals surface area (Å²) < 4.78 is 10.2. The topological polar surface area (TPSA) is 64.6 Å². The van der Waals surface area contributed by atoms with Gasteiger partial charge in [-0.15, -0.1) is 0 Å². The molecule has 0 fully saturated rings. The Bertz CT molecular complexity index is 727. The van der Waals surface area contributed by atoms with Crippen LogP contribution < -0.4 is 10.1 Å². The van der Waals surface area contributed by atoms with Gasteiger partial charge < -0.3 is 14.8 Å². The second-order valence-corrected chi connectivity index (χ2v) is 5.46. The maximum Gasteiger partial charge on any atom is 0.338 e. The summed E-state index contributed by atoms with van der Waals surface area (Å²) in [5, 5.41) is 2.80. The molecule has 1 N–H and O–H groups in total. The van der Waals surface area contributed by atoms with Crippen LogP contribution in [0.15, 0.2) is 48.5 Å². The Balaban J connectivity index is 1.89. The molecule has 0 aliphatic heterocycles. The Hall–Kier alpha value is -2.82. The second-order valence-electron chi connectivity index (χ2n) is 5.46. The summed E-state index contributed by atoms with van der Waals surface area (Å²) in [7, 11) is 1.59. The molecule has 0 bridgehead atoms. The van der Waals surface area contributed by atoms with E-state index >= 15 is 0 Å². The minimum atomic E-state index is -0.503. The van der Waals surface area contributed by atoms with Crippen LogP contribution in [0.25, 0.3) is 0 Å². The molecule has 0 heterocycles. The molecule has 1 amide bonds. The molecule has 2 aromatic rings. The molecule has 5 nitrogen and oxygen atoms in total. The number of esters is 1. The number of aryl methyl sites for hydroxylation is 1. The Morgan fingerprint density at radius 2 is 1.88 bits per heavy atom. The van der Waals surface area contributed by atoms with Crippen LogP contribution >= 0.6 is 0 Å². The third-order valence-corrected chi connectivity index (χ3v) is 3.67. The van der Waals surface area contributed by atoms with Crippen LogP contribution in [0.2, 0.25) is 0 Å². The predicted octanol–water partition coefficient (Wildman–Crippen LogP) is 3.04. The van der Waals surface area contributed by atoms with Crippen molar-refractivity contribution in [3.8, 4) is 5.75 Å². The number of methoxy groups -OCH3 is 1. The highest BCUT2D eigenvalue weighted by molar-refractivity contribution is 5.92. The second kappa shape index (κ2) is 8.15. The van der Waals surface area contributed by atoms with Crippen LogP contribution in [-0.2, 0) is 9.53 Å². The van der Waals surface area contributed by atoms with Crippen molar-refractivity contribution < 1.29 is 19.1 Å². The molecule has 0 unspecified atom stereocenters. The van der Waals surface area contributed by atoms with E-state index in [4.69, 9.17) is 9.47 Å². The number of ether oxygens (including phenoxy) is 2. The fourth-order valence-electron chi connectivity index (χ4n) is 2.29. The summed E-state index contributed by atoms with van der Waals surface area (Å²) >= 11 is 0. The lowest BCUT2D eigenvalue weighted by molar-refractivity contribution is -0.124. The summed E-state index contributed by atoms with van der Waals surface area (Å²) in [6.07, 6.45) is 0. The standard InChI is InChI=1S/C19H21NO4/c1-13-7-4-5-10-17(13)19(22)24-12-18(21)20-14(2)15-8-6-9-16(11-15)23-3/h4-11,14H,12H2,1-3H3,(H,20,21)/t14-/m0/s1. The van der Waals surface area contributed by atoms with E-state index in [0.717, 1.165) is 16.9 Å². The molecular formula is C19H21NO4. The van der Waals surface area contributed by atoms with Gasteiger partial charge in [-0.05, 0) is 43.2 Å². The van der Waals surface area contributed by atoms with Crippen molar-refractivity contribution in [2.24, 2.45) is 0 Å². The van der Waals surface area contributed by atoms with Crippen LogP contribution in [0.5, 0.6) is 5.75 Å². The molecule has 5 heteroatoms. The van der Waals surface area contributed by atoms with Crippen molar-refractivity contribution in [2.45, 2.75) is 19.9 Å². The van der Waals surface area contributed by atoms with Gasteiger partial charge >= 0.3 is 5.97 Å². The summed E-state index contributed by atoms with van der Waals surface area (Å²) in [6, 6.07) is 14.3. The largest absolute Gasteiger partial charge is 0.497 e. The molecule has 0 saturated carbocycles. The van der Waals surface area contributed by atoms with Crippen molar-refractivity contribution in [1.29, 1.82) is 0 Å². The van der Waals surface area contributed by atoms with Crippen molar-refractivity contribution in [3.63, 3.8) is 0 Å². The molecule has 2 aromatic carbocycles. The smallest absolute Gasteiger partial charge is 0.338 e. The van der Waals surface area contributed by atoms with Gasteiger partial charge in [-0.3, -0.25) is 4.79 Å². The average molecular weight is 327 g/mol. The van der Waals surface area contributed by atoms with E-state index < -0.39 is 5.97 Å². The highest BCUT2D eigenvalue weighted by Gasteiger charge is 2.14. The monoisotopic (exact) mass is 327 g/mol. The molecule has 0 aliphatic rings. The fraction of sp³-hybridized carbons (Fsp3) is 0.263. The number of hydrogen-bond donors (Lipinski definition) is 1. The highest BCUT2D eigenvalue weighted by atomic mass is 16.5. The Labute approximate surface area is 141 Å². The number of benzene rings is 2. The maximum absolute atomic E-state index is 12.0. The zero-order valence-electron chi connectivity index (χ0n) is 14.0. The third-order valence-electron chi connectivity index (χ3n) is 3.67. The molecule has 0 aliphatic carbocycles. The SMILES string of the molecule is COc1cccc([C@H](C)NC(=O)COC(=O)c2ccccc2C)c1. The lowest BCUT2D eigenvalue weighted by Gasteiger charge is -2.15. The first-order chi connectivity index (χ1) is 11.5. The number of nitrogens with one attached hydrogen (secondary N) is 1. The molecule has 126 valence electrons. The minimum Gasteiger partial charge on any atom is -0.497 e. The predicted molar refractivity (Wildman–Crippen MR) is 91.0 cm³/mol. The Kier molecular flexibility index (Phi) is 5.95. The number of rotatable bonds is 6. The van der Waals surface area contributed by atoms with Crippen LogP contribution in [0, 0.1) is 6.92 Å². The van der Waals surface area contributed by atoms with E-state index in [9.17, 15) is 9.59 Å². The molecule has 0 saturated heterocycles. The molecule has 0 spiro atoms. The number of carbonyl (C=O) groups excluding carboxylic acids is 2. The quantitative estimate of drug-likeness (QED) is 0.828. The van der Waals surface area contributed by atoms with Crippen molar-refractivity contribution in [1.82, 2.24) is 5.32 Å². The first-order valence-electron chi connectivity index (χ1n) is 7.67. The number of hydrogen-bond acceptors (Lipinski definition) is 4. The van der Waals surface area contributed by atoms with E-state index in [1.54, 1.807) is 19.2 Å². The molecule has 1 atom stereocenters. The maximum atomic E-state index is 12.0. The number of amides is 1. The van der Waals surface area contributed by atoms with Crippen LogP contribution in [0.4, 0.5) is 0 Å². The van der Waals surface area contributed by atoms with E-state index in [1.807, 2.05) is 50.2 Å². The van der Waals surface area contributed by atoms with Crippen molar-refractivity contribution in [3.05, 3.63) is 65.2 Å². The lowest BCUT2D eigenvalue weighted by atomic mass is 10.1. The lowest BCUT2D eigenvalue weighted by Crippen LogP contribution is -2.31. The summed E-state index contributed by atoms with van der Waals surface area (Å²) in [4.78, 5) is 24.0. The normalized spacial score (nSPS) is 11.5. The number of carbonyl (C=O) groups is 2. The zero-order valence-corrected chi connectivity index (χ0v) is 14.0. The van der Waals surface area contributed by atoms with E-state index in [2.05, 4.69) is 5.32 Å². The molecule has 0 radical (unpaired) electrons. The van der Waals surface area contributed by atoms with Gasteiger partial charge in [0.1, 0.15) is 5.75 Å². The van der Waals surface area contributed by atoms with Gasteiger partial charge in [-0.25, -0.2) is 4.79 Å². The van der Waals surface area contributed by atoms with E-state index in [0.29, 0.717) is 5.56 Å². The van der Waals surface area contributed by atoms with Gasteiger partial charge in [0.15, 0.2) is 6.61 Å². The minimum absolute atomic E-state index is 0.218. The fourth-order valence-corrected chi connectivity index (χ4v) is 2.29. The van der Waals surface area contributed by atoms with E-state index in [-0.39, 0.29) is 18.6 Å². The van der Waals surface area contributed by atoms with Gasteiger partial charge in [0.2, 0.25) is 0 Å². The third kappa shape index (κ3) is 4.59.